The van der Waals surface area contributed by atoms with Crippen molar-refractivity contribution in [1.82, 2.24) is 14.9 Å². The van der Waals surface area contributed by atoms with E-state index in [1.165, 1.54) is 0 Å². The van der Waals surface area contributed by atoms with Gasteiger partial charge in [0.15, 0.2) is 9.84 Å². The summed E-state index contributed by atoms with van der Waals surface area (Å²) in [6.45, 7) is 0.670. The van der Waals surface area contributed by atoms with Crippen molar-refractivity contribution in [3.63, 3.8) is 0 Å². The molecule has 4 heterocycles. The molecule has 8 heteroatoms. The SMILES string of the molecule is O=C(c1ccccn1)N1CC2(C1)C(COc1ccccn1)CCS2(=O)=O. The summed E-state index contributed by atoms with van der Waals surface area (Å²) >= 11 is 0. The van der Waals surface area contributed by atoms with Gasteiger partial charge in [-0.05, 0) is 24.6 Å². The molecule has 0 bridgehead atoms. The van der Waals surface area contributed by atoms with E-state index in [0.29, 0.717) is 18.0 Å². The maximum Gasteiger partial charge on any atom is 0.272 e. The Morgan fingerprint density at radius 2 is 1.88 bits per heavy atom. The van der Waals surface area contributed by atoms with Crippen molar-refractivity contribution in [3.05, 3.63) is 54.5 Å². The molecule has 2 fully saturated rings. The Morgan fingerprint density at radius 3 is 2.54 bits per heavy atom. The Hall–Kier alpha value is -2.48. The van der Waals surface area contributed by atoms with Crippen LogP contribution < -0.4 is 4.74 Å². The van der Waals surface area contributed by atoms with Gasteiger partial charge in [0, 0.05) is 37.5 Å². The summed E-state index contributed by atoms with van der Waals surface area (Å²) in [5.74, 6) is 0.229. The van der Waals surface area contributed by atoms with Crippen molar-refractivity contribution in [2.45, 2.75) is 11.2 Å². The highest BCUT2D eigenvalue weighted by Crippen LogP contribution is 2.45. The van der Waals surface area contributed by atoms with Crippen LogP contribution in [-0.4, -0.2) is 59.4 Å². The molecular formula is C18H19N3O4S. The van der Waals surface area contributed by atoms with E-state index < -0.39 is 14.6 Å². The zero-order valence-electron chi connectivity index (χ0n) is 14.1. The molecule has 0 aliphatic carbocycles. The molecule has 1 atom stereocenters. The molecule has 1 unspecified atom stereocenters. The zero-order valence-corrected chi connectivity index (χ0v) is 14.9. The van der Waals surface area contributed by atoms with Crippen LogP contribution in [-0.2, 0) is 9.84 Å². The van der Waals surface area contributed by atoms with Gasteiger partial charge >= 0.3 is 0 Å². The minimum atomic E-state index is -3.27. The second-order valence-electron chi connectivity index (χ2n) is 6.72. The van der Waals surface area contributed by atoms with Crippen LogP contribution >= 0.6 is 0 Å². The van der Waals surface area contributed by atoms with E-state index in [9.17, 15) is 13.2 Å². The van der Waals surface area contributed by atoms with Gasteiger partial charge in [0.1, 0.15) is 10.4 Å². The summed E-state index contributed by atoms with van der Waals surface area (Å²) in [5, 5.41) is 0. The van der Waals surface area contributed by atoms with Gasteiger partial charge in [-0.3, -0.25) is 9.78 Å². The first-order chi connectivity index (χ1) is 12.5. The second-order valence-corrected chi connectivity index (χ2v) is 9.18. The Balaban J connectivity index is 1.47. The Morgan fingerprint density at radius 1 is 1.15 bits per heavy atom. The van der Waals surface area contributed by atoms with E-state index in [2.05, 4.69) is 9.97 Å². The molecule has 1 amide bonds. The highest BCUT2D eigenvalue weighted by molar-refractivity contribution is 7.93. The van der Waals surface area contributed by atoms with Gasteiger partial charge in [0.05, 0.1) is 12.4 Å². The highest BCUT2D eigenvalue weighted by atomic mass is 32.2. The lowest BCUT2D eigenvalue weighted by Crippen LogP contribution is -2.69. The molecule has 2 aliphatic heterocycles. The van der Waals surface area contributed by atoms with Crippen molar-refractivity contribution in [2.24, 2.45) is 5.92 Å². The standard InChI is InChI=1S/C18H19N3O4S/c22-17(15-5-1-3-8-19-15)21-12-18(13-21)14(7-10-26(18,23)24)11-25-16-6-2-4-9-20-16/h1-6,8-9,14H,7,10-13H2. The van der Waals surface area contributed by atoms with E-state index in [4.69, 9.17) is 4.74 Å². The molecule has 0 radical (unpaired) electrons. The van der Waals surface area contributed by atoms with E-state index in [-0.39, 0.29) is 37.3 Å². The summed E-state index contributed by atoms with van der Waals surface area (Å²) in [7, 11) is -3.27. The molecule has 2 aromatic heterocycles. The summed E-state index contributed by atoms with van der Waals surface area (Å²) < 4.78 is 30.1. The van der Waals surface area contributed by atoms with Crippen molar-refractivity contribution in [2.75, 3.05) is 25.4 Å². The molecule has 4 rings (SSSR count). The lowest BCUT2D eigenvalue weighted by atomic mass is 9.83. The number of carbonyl (C=O) groups is 1. The van der Waals surface area contributed by atoms with Gasteiger partial charge < -0.3 is 9.64 Å². The van der Waals surface area contributed by atoms with Crippen molar-refractivity contribution in [1.29, 1.82) is 0 Å². The number of hydrogen-bond donors (Lipinski definition) is 0. The lowest BCUT2D eigenvalue weighted by molar-refractivity contribution is 0.0401. The topological polar surface area (TPSA) is 89.5 Å². The molecule has 7 nitrogen and oxygen atoms in total. The van der Waals surface area contributed by atoms with Crippen molar-refractivity contribution >= 4 is 15.7 Å². The number of rotatable bonds is 4. The fraction of sp³-hybridized carbons (Fsp3) is 0.389. The van der Waals surface area contributed by atoms with Crippen LogP contribution in [0.1, 0.15) is 16.9 Å². The van der Waals surface area contributed by atoms with Crippen LogP contribution in [0, 0.1) is 5.92 Å². The van der Waals surface area contributed by atoms with Gasteiger partial charge in [-0.15, -0.1) is 0 Å². The number of hydrogen-bond acceptors (Lipinski definition) is 6. The normalized spacial score (nSPS) is 22.8. The Labute approximate surface area is 151 Å². The Bertz CT molecular complexity index is 897. The average Bonchev–Trinajstić information content (AvgIpc) is 2.90. The third kappa shape index (κ3) is 2.74. The zero-order chi connectivity index (χ0) is 18.2. The number of carbonyl (C=O) groups excluding carboxylic acids is 1. The van der Waals surface area contributed by atoms with Gasteiger partial charge in [-0.2, -0.15) is 0 Å². The molecule has 2 saturated heterocycles. The minimum Gasteiger partial charge on any atom is -0.477 e. The molecule has 0 aromatic carbocycles. The van der Waals surface area contributed by atoms with Crippen LogP contribution in [0.3, 0.4) is 0 Å². The van der Waals surface area contributed by atoms with Crippen LogP contribution in [0.5, 0.6) is 5.88 Å². The first kappa shape index (κ1) is 17.0. The predicted molar refractivity (Wildman–Crippen MR) is 94.5 cm³/mol. The molecule has 26 heavy (non-hydrogen) atoms. The van der Waals surface area contributed by atoms with Gasteiger partial charge in [0.2, 0.25) is 5.88 Å². The third-order valence-corrected chi connectivity index (χ3v) is 7.86. The van der Waals surface area contributed by atoms with Crippen LogP contribution in [0.15, 0.2) is 48.8 Å². The maximum absolute atomic E-state index is 12.7. The molecular weight excluding hydrogens is 354 g/mol. The highest BCUT2D eigenvalue weighted by Gasteiger charge is 2.62. The van der Waals surface area contributed by atoms with Gasteiger partial charge in [-0.1, -0.05) is 12.1 Å². The van der Waals surface area contributed by atoms with Gasteiger partial charge in [0.25, 0.3) is 5.91 Å². The predicted octanol–water partition coefficient (Wildman–Crippen LogP) is 1.18. The lowest BCUT2D eigenvalue weighted by Gasteiger charge is -2.49. The Kier molecular flexibility index (Phi) is 4.14. The second kappa shape index (κ2) is 6.35. The number of amides is 1. The van der Waals surface area contributed by atoms with Crippen molar-refractivity contribution in [3.8, 4) is 5.88 Å². The monoisotopic (exact) mass is 373 g/mol. The third-order valence-electron chi connectivity index (χ3n) is 5.26. The number of sulfone groups is 1. The van der Waals surface area contributed by atoms with E-state index >= 15 is 0 Å². The molecule has 0 N–H and O–H groups in total. The number of pyridine rings is 2. The quantitative estimate of drug-likeness (QED) is 0.800. The van der Waals surface area contributed by atoms with Crippen LogP contribution in [0.4, 0.5) is 0 Å². The maximum atomic E-state index is 12.7. The van der Waals surface area contributed by atoms with Crippen molar-refractivity contribution < 1.29 is 17.9 Å². The number of aromatic nitrogens is 2. The molecule has 1 spiro atoms. The molecule has 136 valence electrons. The van der Waals surface area contributed by atoms with Gasteiger partial charge in [-0.25, -0.2) is 13.4 Å². The summed E-state index contributed by atoms with van der Waals surface area (Å²) in [5.41, 5.74) is 0.332. The average molecular weight is 373 g/mol. The molecule has 0 saturated carbocycles. The number of ether oxygens (including phenoxy) is 1. The summed E-state index contributed by atoms with van der Waals surface area (Å²) in [6, 6.07) is 10.5. The summed E-state index contributed by atoms with van der Waals surface area (Å²) in [6.07, 6.45) is 3.73. The smallest absolute Gasteiger partial charge is 0.272 e. The fourth-order valence-corrected chi connectivity index (χ4v) is 6.12. The number of likely N-dealkylation sites (tertiary alicyclic amines) is 1. The van der Waals surface area contributed by atoms with E-state index in [1.807, 2.05) is 6.07 Å². The molecule has 2 aromatic rings. The van der Waals surface area contributed by atoms with E-state index in [1.54, 1.807) is 47.6 Å². The van der Waals surface area contributed by atoms with E-state index in [0.717, 1.165) is 0 Å². The van der Waals surface area contributed by atoms with Crippen LogP contribution in [0.2, 0.25) is 0 Å². The first-order valence-corrected chi connectivity index (χ1v) is 10.1. The largest absolute Gasteiger partial charge is 0.477 e. The van der Waals surface area contributed by atoms with Crippen LogP contribution in [0.25, 0.3) is 0 Å². The number of nitrogens with zero attached hydrogens (tertiary/aromatic N) is 3. The summed E-state index contributed by atoms with van der Waals surface area (Å²) in [4.78, 5) is 22.2. The fourth-order valence-electron chi connectivity index (χ4n) is 3.72. The minimum absolute atomic E-state index is 0.134. The first-order valence-electron chi connectivity index (χ1n) is 8.48. The molecule has 2 aliphatic rings.